The number of ether oxygens (including phenoxy) is 3. The molecule has 1 unspecified atom stereocenters. The smallest absolute Gasteiger partial charge is 0.261 e. The van der Waals surface area contributed by atoms with Crippen molar-refractivity contribution in [2.24, 2.45) is 0 Å². The van der Waals surface area contributed by atoms with Crippen molar-refractivity contribution >= 4 is 23.4 Å². The molecule has 33 heavy (non-hydrogen) atoms. The summed E-state index contributed by atoms with van der Waals surface area (Å²) in [6.07, 6.45) is 0.453. The first-order valence-corrected chi connectivity index (χ1v) is 11.2. The molecule has 0 aliphatic carbocycles. The molecule has 0 aliphatic heterocycles. The van der Waals surface area contributed by atoms with E-state index in [2.05, 4.69) is 5.32 Å². The van der Waals surface area contributed by atoms with Crippen LogP contribution in [0, 0.1) is 0 Å². The van der Waals surface area contributed by atoms with Gasteiger partial charge in [-0.3, -0.25) is 9.59 Å². The summed E-state index contributed by atoms with van der Waals surface area (Å²) in [7, 11) is 3.08. The molecule has 0 bridgehead atoms. The third-order valence-corrected chi connectivity index (χ3v) is 5.09. The van der Waals surface area contributed by atoms with Gasteiger partial charge in [0.2, 0.25) is 5.91 Å². The van der Waals surface area contributed by atoms with Crippen molar-refractivity contribution < 1.29 is 23.8 Å². The fraction of sp³-hybridized carbons (Fsp3) is 0.440. The molecule has 2 aromatic rings. The zero-order valence-electron chi connectivity index (χ0n) is 20.1. The fourth-order valence-electron chi connectivity index (χ4n) is 3.25. The molecule has 0 heterocycles. The summed E-state index contributed by atoms with van der Waals surface area (Å²) in [5.41, 5.74) is 0.436. The van der Waals surface area contributed by atoms with Crippen LogP contribution in [0.1, 0.15) is 39.7 Å². The van der Waals surface area contributed by atoms with Crippen molar-refractivity contribution in [3.05, 3.63) is 53.1 Å². The molecule has 8 heteroatoms. The largest absolute Gasteiger partial charge is 0.496 e. The number of hydrogen-bond acceptors (Lipinski definition) is 5. The Balaban J connectivity index is 2.26. The van der Waals surface area contributed by atoms with Gasteiger partial charge < -0.3 is 24.4 Å². The van der Waals surface area contributed by atoms with E-state index in [9.17, 15) is 9.59 Å². The number of nitrogens with one attached hydrogen (secondary N) is 1. The highest BCUT2D eigenvalue weighted by molar-refractivity contribution is 6.30. The Bertz CT molecular complexity index is 919. The van der Waals surface area contributed by atoms with E-state index in [1.165, 1.54) is 14.2 Å². The van der Waals surface area contributed by atoms with Crippen molar-refractivity contribution in [3.63, 3.8) is 0 Å². The van der Waals surface area contributed by atoms with Gasteiger partial charge in [0.25, 0.3) is 5.91 Å². The second kappa shape index (κ2) is 11.8. The summed E-state index contributed by atoms with van der Waals surface area (Å²) >= 11 is 6.01. The van der Waals surface area contributed by atoms with E-state index in [1.807, 2.05) is 39.8 Å². The van der Waals surface area contributed by atoms with E-state index in [1.54, 1.807) is 35.2 Å². The minimum Gasteiger partial charge on any atom is -0.496 e. The maximum atomic E-state index is 13.3. The molecule has 0 spiro atoms. The van der Waals surface area contributed by atoms with E-state index in [-0.39, 0.29) is 25.0 Å². The Hall–Kier alpha value is -2.93. The molecular formula is C25H33ClN2O5. The molecular weight excluding hydrogens is 444 g/mol. The van der Waals surface area contributed by atoms with Crippen LogP contribution in [0.2, 0.25) is 5.02 Å². The second-order valence-corrected chi connectivity index (χ2v) is 9.08. The summed E-state index contributed by atoms with van der Waals surface area (Å²) in [5.74, 6) is 0.993. The van der Waals surface area contributed by atoms with Crippen molar-refractivity contribution in [1.82, 2.24) is 10.2 Å². The van der Waals surface area contributed by atoms with E-state index in [0.29, 0.717) is 28.7 Å². The molecule has 0 aliphatic rings. The van der Waals surface area contributed by atoms with Crippen LogP contribution in [0.4, 0.5) is 0 Å². The number of methoxy groups -OCH3 is 2. The second-order valence-electron chi connectivity index (χ2n) is 8.65. The summed E-state index contributed by atoms with van der Waals surface area (Å²) < 4.78 is 16.3. The SMILES string of the molecule is CCC(C(=O)NC(C)(C)C)N(Cc1ccc(Cl)cc1)C(=O)COc1cc(OC)cc(OC)c1. The molecule has 0 aromatic heterocycles. The van der Waals surface area contributed by atoms with Crippen LogP contribution in [0.15, 0.2) is 42.5 Å². The third-order valence-electron chi connectivity index (χ3n) is 4.84. The zero-order valence-corrected chi connectivity index (χ0v) is 20.9. The Labute approximate surface area is 201 Å². The average Bonchev–Trinajstić information content (AvgIpc) is 2.77. The Morgan fingerprint density at radius 2 is 1.55 bits per heavy atom. The number of halogens is 1. The summed E-state index contributed by atoms with van der Waals surface area (Å²) in [6, 6.07) is 11.6. The molecule has 1 N–H and O–H groups in total. The number of carbonyl (C=O) groups excluding carboxylic acids is 2. The maximum Gasteiger partial charge on any atom is 0.261 e. The van der Waals surface area contributed by atoms with E-state index in [0.717, 1.165) is 5.56 Å². The van der Waals surface area contributed by atoms with Gasteiger partial charge in [0.15, 0.2) is 6.61 Å². The molecule has 2 rings (SSSR count). The molecule has 0 saturated heterocycles. The molecule has 0 fully saturated rings. The molecule has 2 aromatic carbocycles. The standard InChI is InChI=1S/C25H33ClN2O5/c1-7-22(24(30)27-25(2,3)4)28(15-17-8-10-18(26)11-9-17)23(29)16-33-21-13-19(31-5)12-20(14-21)32-6/h8-14,22H,7,15-16H2,1-6H3,(H,27,30). The molecule has 1 atom stereocenters. The normalized spacial score (nSPS) is 12.0. The van der Waals surface area contributed by atoms with Crippen LogP contribution in [-0.4, -0.2) is 49.1 Å². The number of rotatable bonds is 10. The lowest BCUT2D eigenvalue weighted by Crippen LogP contribution is -2.54. The maximum absolute atomic E-state index is 13.3. The van der Waals surface area contributed by atoms with Crippen LogP contribution in [-0.2, 0) is 16.1 Å². The number of carbonyl (C=O) groups is 2. The average molecular weight is 477 g/mol. The Kier molecular flexibility index (Phi) is 9.41. The van der Waals surface area contributed by atoms with Gasteiger partial charge in [0.1, 0.15) is 23.3 Å². The van der Waals surface area contributed by atoms with Gasteiger partial charge in [0.05, 0.1) is 14.2 Å². The van der Waals surface area contributed by atoms with Crippen LogP contribution in [0.5, 0.6) is 17.2 Å². The first-order valence-electron chi connectivity index (χ1n) is 10.8. The monoisotopic (exact) mass is 476 g/mol. The lowest BCUT2D eigenvalue weighted by atomic mass is 10.1. The zero-order chi connectivity index (χ0) is 24.6. The summed E-state index contributed by atoms with van der Waals surface area (Å²) in [6.45, 7) is 7.59. The predicted octanol–water partition coefficient (Wildman–Crippen LogP) is 4.46. The van der Waals surface area contributed by atoms with Crippen molar-refractivity contribution in [1.29, 1.82) is 0 Å². The number of nitrogens with zero attached hydrogens (tertiary/aromatic N) is 1. The van der Waals surface area contributed by atoms with Gasteiger partial charge in [-0.2, -0.15) is 0 Å². The lowest BCUT2D eigenvalue weighted by Gasteiger charge is -2.33. The van der Waals surface area contributed by atoms with Crippen LogP contribution < -0.4 is 19.5 Å². The molecule has 0 radical (unpaired) electrons. The number of amides is 2. The van der Waals surface area contributed by atoms with Gasteiger partial charge in [-0.15, -0.1) is 0 Å². The first kappa shape index (κ1) is 26.3. The lowest BCUT2D eigenvalue weighted by molar-refractivity contribution is -0.143. The number of hydrogen-bond donors (Lipinski definition) is 1. The van der Waals surface area contributed by atoms with Crippen LogP contribution >= 0.6 is 11.6 Å². The van der Waals surface area contributed by atoms with Crippen molar-refractivity contribution in [2.75, 3.05) is 20.8 Å². The minimum atomic E-state index is -0.657. The Morgan fingerprint density at radius 3 is 2.03 bits per heavy atom. The summed E-state index contributed by atoms with van der Waals surface area (Å²) in [4.78, 5) is 27.9. The van der Waals surface area contributed by atoms with E-state index in [4.69, 9.17) is 25.8 Å². The van der Waals surface area contributed by atoms with Gasteiger partial charge in [-0.25, -0.2) is 0 Å². The molecule has 7 nitrogen and oxygen atoms in total. The summed E-state index contributed by atoms with van der Waals surface area (Å²) in [5, 5.41) is 3.58. The minimum absolute atomic E-state index is 0.213. The number of benzene rings is 2. The van der Waals surface area contributed by atoms with Crippen molar-refractivity contribution in [3.8, 4) is 17.2 Å². The molecule has 2 amide bonds. The van der Waals surface area contributed by atoms with Gasteiger partial charge in [-0.1, -0.05) is 30.7 Å². The van der Waals surface area contributed by atoms with E-state index < -0.39 is 11.6 Å². The highest BCUT2D eigenvalue weighted by atomic mass is 35.5. The molecule has 0 saturated carbocycles. The first-order chi connectivity index (χ1) is 15.6. The Morgan fingerprint density at radius 1 is 1.00 bits per heavy atom. The fourth-order valence-corrected chi connectivity index (χ4v) is 3.38. The van der Waals surface area contributed by atoms with Crippen LogP contribution in [0.3, 0.4) is 0 Å². The van der Waals surface area contributed by atoms with Gasteiger partial charge >= 0.3 is 0 Å². The predicted molar refractivity (Wildman–Crippen MR) is 129 cm³/mol. The third kappa shape index (κ3) is 8.17. The van der Waals surface area contributed by atoms with Crippen molar-refractivity contribution in [2.45, 2.75) is 52.2 Å². The highest BCUT2D eigenvalue weighted by Crippen LogP contribution is 2.27. The highest BCUT2D eigenvalue weighted by Gasteiger charge is 2.31. The van der Waals surface area contributed by atoms with Gasteiger partial charge in [0, 0.05) is 35.3 Å². The quantitative estimate of drug-likeness (QED) is 0.548. The molecule has 180 valence electrons. The van der Waals surface area contributed by atoms with E-state index >= 15 is 0 Å². The topological polar surface area (TPSA) is 77.1 Å². The van der Waals surface area contributed by atoms with Gasteiger partial charge in [-0.05, 0) is 44.9 Å². The van der Waals surface area contributed by atoms with Crippen LogP contribution in [0.25, 0.3) is 0 Å².